The molecule has 25 heavy (non-hydrogen) atoms. The summed E-state index contributed by atoms with van der Waals surface area (Å²) in [5.41, 5.74) is 1.53. The van der Waals surface area contributed by atoms with Crippen molar-refractivity contribution in [2.24, 2.45) is 0 Å². The van der Waals surface area contributed by atoms with Crippen LogP contribution in [0.5, 0.6) is 0 Å². The van der Waals surface area contributed by atoms with Crippen LogP contribution in [-0.2, 0) is 16.6 Å². The fraction of sp³-hybridized carbons (Fsp3) is 0.316. The van der Waals surface area contributed by atoms with Gasteiger partial charge in [0.1, 0.15) is 0 Å². The van der Waals surface area contributed by atoms with Crippen molar-refractivity contribution in [2.45, 2.75) is 24.3 Å². The van der Waals surface area contributed by atoms with Gasteiger partial charge in [0.15, 0.2) is 0 Å². The van der Waals surface area contributed by atoms with Crippen LogP contribution in [0.4, 0.5) is 0 Å². The minimum atomic E-state index is -3.44. The first-order valence-corrected chi connectivity index (χ1v) is 9.82. The summed E-state index contributed by atoms with van der Waals surface area (Å²) >= 11 is 0. The van der Waals surface area contributed by atoms with Gasteiger partial charge in [-0.15, -0.1) is 0 Å². The van der Waals surface area contributed by atoms with Crippen molar-refractivity contribution in [3.05, 3.63) is 65.7 Å². The molecule has 0 radical (unpaired) electrons. The SMILES string of the molecule is CN(Cc1ccccc1)C(=O)c1ccc(S(=O)(=O)N2CCCC2)cc1. The number of sulfonamides is 1. The molecule has 1 aliphatic rings. The number of carbonyl (C=O) groups is 1. The fourth-order valence-corrected chi connectivity index (χ4v) is 4.51. The number of amides is 1. The van der Waals surface area contributed by atoms with E-state index in [0.717, 1.165) is 18.4 Å². The summed E-state index contributed by atoms with van der Waals surface area (Å²) in [6.07, 6.45) is 1.81. The summed E-state index contributed by atoms with van der Waals surface area (Å²) in [5.74, 6) is -0.131. The lowest BCUT2D eigenvalue weighted by molar-refractivity contribution is 0.0785. The van der Waals surface area contributed by atoms with Gasteiger partial charge in [0.25, 0.3) is 5.91 Å². The zero-order valence-corrected chi connectivity index (χ0v) is 15.1. The number of nitrogens with zero attached hydrogens (tertiary/aromatic N) is 2. The molecular weight excluding hydrogens is 336 g/mol. The molecule has 0 unspecified atom stereocenters. The third-order valence-corrected chi connectivity index (χ3v) is 6.33. The highest BCUT2D eigenvalue weighted by atomic mass is 32.2. The Hall–Kier alpha value is -2.18. The standard InChI is InChI=1S/C19H22N2O3S/c1-20(15-16-7-3-2-4-8-16)19(22)17-9-11-18(12-10-17)25(23,24)21-13-5-6-14-21/h2-4,7-12H,5-6,13-15H2,1H3. The van der Waals surface area contributed by atoms with Gasteiger partial charge in [-0.05, 0) is 42.7 Å². The molecule has 0 aromatic heterocycles. The van der Waals surface area contributed by atoms with Crippen LogP contribution in [0, 0.1) is 0 Å². The topological polar surface area (TPSA) is 57.7 Å². The molecule has 1 saturated heterocycles. The molecule has 0 atom stereocenters. The minimum Gasteiger partial charge on any atom is -0.337 e. The van der Waals surface area contributed by atoms with Gasteiger partial charge >= 0.3 is 0 Å². The van der Waals surface area contributed by atoms with Crippen LogP contribution >= 0.6 is 0 Å². The number of hydrogen-bond donors (Lipinski definition) is 0. The van der Waals surface area contributed by atoms with Gasteiger partial charge in [-0.1, -0.05) is 30.3 Å². The second-order valence-corrected chi connectivity index (χ2v) is 8.22. The molecule has 2 aromatic carbocycles. The molecule has 0 aliphatic carbocycles. The average molecular weight is 358 g/mol. The van der Waals surface area contributed by atoms with Crippen molar-refractivity contribution in [1.29, 1.82) is 0 Å². The molecule has 1 fully saturated rings. The Kier molecular flexibility index (Phi) is 5.20. The van der Waals surface area contributed by atoms with Crippen molar-refractivity contribution in [1.82, 2.24) is 9.21 Å². The lowest BCUT2D eigenvalue weighted by Crippen LogP contribution is -2.28. The first-order valence-electron chi connectivity index (χ1n) is 8.38. The Bertz CT molecular complexity index is 827. The number of rotatable bonds is 5. The van der Waals surface area contributed by atoms with E-state index in [9.17, 15) is 13.2 Å². The van der Waals surface area contributed by atoms with Crippen molar-refractivity contribution in [3.63, 3.8) is 0 Å². The lowest BCUT2D eigenvalue weighted by atomic mass is 10.1. The van der Waals surface area contributed by atoms with Crippen LogP contribution in [0.2, 0.25) is 0 Å². The van der Waals surface area contributed by atoms with E-state index in [4.69, 9.17) is 0 Å². The monoisotopic (exact) mass is 358 g/mol. The van der Waals surface area contributed by atoms with E-state index in [0.29, 0.717) is 25.2 Å². The summed E-state index contributed by atoms with van der Waals surface area (Å²) in [5, 5.41) is 0. The van der Waals surface area contributed by atoms with E-state index in [1.807, 2.05) is 30.3 Å². The maximum atomic E-state index is 12.5. The van der Waals surface area contributed by atoms with E-state index < -0.39 is 10.0 Å². The molecule has 0 saturated carbocycles. The van der Waals surface area contributed by atoms with E-state index in [2.05, 4.69) is 0 Å². The quantitative estimate of drug-likeness (QED) is 0.826. The van der Waals surface area contributed by atoms with E-state index >= 15 is 0 Å². The van der Waals surface area contributed by atoms with Gasteiger partial charge in [0.05, 0.1) is 4.90 Å². The molecule has 6 heteroatoms. The Morgan fingerprint density at radius 3 is 2.20 bits per heavy atom. The minimum absolute atomic E-state index is 0.131. The van der Waals surface area contributed by atoms with Crippen LogP contribution < -0.4 is 0 Å². The predicted octanol–water partition coefficient (Wildman–Crippen LogP) is 2.74. The highest BCUT2D eigenvalue weighted by Gasteiger charge is 2.27. The van der Waals surface area contributed by atoms with Crippen LogP contribution in [0.25, 0.3) is 0 Å². The van der Waals surface area contributed by atoms with E-state index in [1.165, 1.54) is 16.4 Å². The molecule has 0 N–H and O–H groups in total. The van der Waals surface area contributed by atoms with Crippen molar-refractivity contribution >= 4 is 15.9 Å². The number of carbonyl (C=O) groups excluding carboxylic acids is 1. The Labute approximate surface area is 148 Å². The molecule has 3 rings (SSSR count). The van der Waals surface area contributed by atoms with Gasteiger partial charge in [-0.3, -0.25) is 4.79 Å². The van der Waals surface area contributed by atoms with Crippen molar-refractivity contribution < 1.29 is 13.2 Å². The van der Waals surface area contributed by atoms with Crippen LogP contribution in [0.15, 0.2) is 59.5 Å². The Morgan fingerprint density at radius 1 is 1.00 bits per heavy atom. The summed E-state index contributed by atoms with van der Waals surface area (Å²) in [4.78, 5) is 14.4. The molecule has 1 amide bonds. The smallest absolute Gasteiger partial charge is 0.253 e. The zero-order valence-electron chi connectivity index (χ0n) is 14.3. The van der Waals surface area contributed by atoms with Gasteiger partial charge in [-0.2, -0.15) is 4.31 Å². The van der Waals surface area contributed by atoms with Crippen LogP contribution in [0.3, 0.4) is 0 Å². The number of benzene rings is 2. The number of hydrogen-bond acceptors (Lipinski definition) is 3. The van der Waals surface area contributed by atoms with Gasteiger partial charge in [0, 0.05) is 32.2 Å². The fourth-order valence-electron chi connectivity index (χ4n) is 3.00. The second kappa shape index (κ2) is 7.37. The third kappa shape index (κ3) is 3.91. The lowest BCUT2D eigenvalue weighted by Gasteiger charge is -2.18. The summed E-state index contributed by atoms with van der Waals surface area (Å²) < 4.78 is 26.5. The molecule has 0 spiro atoms. The summed E-state index contributed by atoms with van der Waals surface area (Å²) in [6, 6.07) is 16.0. The molecule has 2 aromatic rings. The van der Waals surface area contributed by atoms with Crippen molar-refractivity contribution in [2.75, 3.05) is 20.1 Å². The predicted molar refractivity (Wildman–Crippen MR) is 96.7 cm³/mol. The normalized spacial score (nSPS) is 15.2. The van der Waals surface area contributed by atoms with Gasteiger partial charge in [0.2, 0.25) is 10.0 Å². The highest BCUT2D eigenvalue weighted by Crippen LogP contribution is 2.21. The first-order chi connectivity index (χ1) is 12.0. The largest absolute Gasteiger partial charge is 0.337 e. The maximum absolute atomic E-state index is 12.5. The Balaban J connectivity index is 1.72. The molecule has 1 aliphatic heterocycles. The van der Waals surface area contributed by atoms with E-state index in [-0.39, 0.29) is 10.8 Å². The molecule has 132 valence electrons. The van der Waals surface area contributed by atoms with E-state index in [1.54, 1.807) is 24.1 Å². The third-order valence-electron chi connectivity index (χ3n) is 4.41. The molecule has 5 nitrogen and oxygen atoms in total. The molecule has 1 heterocycles. The second-order valence-electron chi connectivity index (χ2n) is 6.28. The Morgan fingerprint density at radius 2 is 1.60 bits per heavy atom. The molecule has 0 bridgehead atoms. The van der Waals surface area contributed by atoms with Crippen LogP contribution in [-0.4, -0.2) is 43.7 Å². The van der Waals surface area contributed by atoms with Crippen molar-refractivity contribution in [3.8, 4) is 0 Å². The molecular formula is C19H22N2O3S. The first kappa shape index (κ1) is 17.6. The summed E-state index contributed by atoms with van der Waals surface area (Å²) in [6.45, 7) is 1.65. The van der Waals surface area contributed by atoms with Gasteiger partial charge < -0.3 is 4.90 Å². The van der Waals surface area contributed by atoms with Gasteiger partial charge in [-0.25, -0.2) is 8.42 Å². The summed E-state index contributed by atoms with van der Waals surface area (Å²) in [7, 11) is -1.70. The van der Waals surface area contributed by atoms with Crippen LogP contribution in [0.1, 0.15) is 28.8 Å². The average Bonchev–Trinajstić information content (AvgIpc) is 3.17. The zero-order chi connectivity index (χ0) is 17.9. The highest BCUT2D eigenvalue weighted by molar-refractivity contribution is 7.89. The maximum Gasteiger partial charge on any atom is 0.253 e.